The van der Waals surface area contributed by atoms with Crippen LogP contribution in [0.3, 0.4) is 0 Å². The molecule has 0 aliphatic carbocycles. The Kier molecular flexibility index (Phi) is 6.28. The molecule has 0 spiro atoms. The number of hydrogen-bond donors (Lipinski definition) is 2. The molecular formula is C11H21N3O3S. The van der Waals surface area contributed by atoms with E-state index < -0.39 is 12.0 Å². The summed E-state index contributed by atoms with van der Waals surface area (Å²) in [6.07, 6.45) is 0.860. The molecule has 0 aromatic heterocycles. The highest BCUT2D eigenvalue weighted by Crippen LogP contribution is 2.16. The number of carbonyl (C=O) groups excluding carboxylic acids is 1. The standard InChI is InChI=1S/C11H21N3O3S/c1-13(2)5-3-4-12-11(17)14-6-7-18-8-9(14)10(15)16/h9H,3-8H2,1-2H3,(H,12,17)(H,15,16). The number of rotatable bonds is 5. The summed E-state index contributed by atoms with van der Waals surface area (Å²) in [6, 6.07) is -0.959. The first-order valence-corrected chi connectivity index (χ1v) is 7.17. The third-order valence-corrected chi connectivity index (χ3v) is 3.76. The van der Waals surface area contributed by atoms with Crippen molar-refractivity contribution in [3.05, 3.63) is 0 Å². The van der Waals surface area contributed by atoms with E-state index in [2.05, 4.69) is 5.32 Å². The fraction of sp³-hybridized carbons (Fsp3) is 0.818. The van der Waals surface area contributed by atoms with Crippen molar-refractivity contribution in [1.82, 2.24) is 15.1 Å². The van der Waals surface area contributed by atoms with Gasteiger partial charge in [0.05, 0.1) is 0 Å². The summed E-state index contributed by atoms with van der Waals surface area (Å²) < 4.78 is 0. The molecule has 1 atom stereocenters. The number of urea groups is 1. The highest BCUT2D eigenvalue weighted by atomic mass is 32.2. The summed E-state index contributed by atoms with van der Waals surface area (Å²) in [5.41, 5.74) is 0. The molecule has 0 aromatic rings. The van der Waals surface area contributed by atoms with Gasteiger partial charge in [0, 0.05) is 24.6 Å². The second-order valence-corrected chi connectivity index (χ2v) is 5.66. The van der Waals surface area contributed by atoms with Crippen LogP contribution >= 0.6 is 11.8 Å². The predicted octanol–water partition coefficient (Wildman–Crippen LogP) is 0.150. The molecule has 0 radical (unpaired) electrons. The van der Waals surface area contributed by atoms with Gasteiger partial charge in [0.25, 0.3) is 0 Å². The number of nitrogens with one attached hydrogen (secondary N) is 1. The minimum atomic E-state index is -0.925. The second kappa shape index (κ2) is 7.48. The lowest BCUT2D eigenvalue weighted by molar-refractivity contribution is -0.141. The topological polar surface area (TPSA) is 72.9 Å². The van der Waals surface area contributed by atoms with Crippen LogP contribution in [-0.2, 0) is 4.79 Å². The number of hydrogen-bond acceptors (Lipinski definition) is 4. The summed E-state index contributed by atoms with van der Waals surface area (Å²) in [5.74, 6) is 0.348. The molecule has 2 amide bonds. The molecule has 6 nitrogen and oxygen atoms in total. The number of aliphatic carboxylic acids is 1. The van der Waals surface area contributed by atoms with Gasteiger partial charge in [0.2, 0.25) is 0 Å². The summed E-state index contributed by atoms with van der Waals surface area (Å²) in [7, 11) is 3.95. The molecule has 1 aliphatic heterocycles. The Balaban J connectivity index is 2.36. The number of thioether (sulfide) groups is 1. The number of nitrogens with zero attached hydrogens (tertiary/aromatic N) is 2. The highest BCUT2D eigenvalue weighted by Gasteiger charge is 2.32. The van der Waals surface area contributed by atoms with E-state index in [0.717, 1.165) is 18.7 Å². The van der Waals surface area contributed by atoms with E-state index >= 15 is 0 Å². The molecule has 0 bridgehead atoms. The van der Waals surface area contributed by atoms with Crippen molar-refractivity contribution in [3.63, 3.8) is 0 Å². The average Bonchev–Trinajstić information content (AvgIpc) is 2.34. The quantitative estimate of drug-likeness (QED) is 0.699. The average molecular weight is 275 g/mol. The van der Waals surface area contributed by atoms with Crippen molar-refractivity contribution < 1.29 is 14.7 Å². The van der Waals surface area contributed by atoms with Gasteiger partial charge in [-0.2, -0.15) is 11.8 Å². The molecule has 1 rings (SSSR count). The Bertz CT molecular complexity index is 299. The van der Waals surface area contributed by atoms with E-state index in [4.69, 9.17) is 5.11 Å². The molecule has 18 heavy (non-hydrogen) atoms. The zero-order chi connectivity index (χ0) is 13.5. The fourth-order valence-electron chi connectivity index (χ4n) is 1.74. The van der Waals surface area contributed by atoms with Crippen molar-refractivity contribution in [2.24, 2.45) is 0 Å². The minimum absolute atomic E-state index is 0.263. The fourth-order valence-corrected chi connectivity index (χ4v) is 2.78. The van der Waals surface area contributed by atoms with Crippen LogP contribution < -0.4 is 5.32 Å². The first-order chi connectivity index (χ1) is 8.52. The van der Waals surface area contributed by atoms with Gasteiger partial charge in [-0.3, -0.25) is 0 Å². The minimum Gasteiger partial charge on any atom is -0.480 e. The maximum atomic E-state index is 11.9. The molecule has 0 aromatic carbocycles. The van der Waals surface area contributed by atoms with Crippen LogP contribution in [-0.4, -0.2) is 78.2 Å². The molecule has 1 heterocycles. The summed E-state index contributed by atoms with van der Waals surface area (Å²) in [4.78, 5) is 26.4. The molecule has 2 N–H and O–H groups in total. The molecule has 104 valence electrons. The Morgan fingerprint density at radius 3 is 2.83 bits per heavy atom. The maximum Gasteiger partial charge on any atom is 0.327 e. The normalized spacial score (nSPS) is 19.9. The van der Waals surface area contributed by atoms with Gasteiger partial charge in [-0.05, 0) is 27.1 Å². The zero-order valence-corrected chi connectivity index (χ0v) is 11.7. The number of carboxylic acids is 1. The molecule has 7 heteroatoms. The van der Waals surface area contributed by atoms with Crippen LogP contribution in [0.4, 0.5) is 4.79 Å². The highest BCUT2D eigenvalue weighted by molar-refractivity contribution is 7.99. The molecule has 1 aliphatic rings. The lowest BCUT2D eigenvalue weighted by Crippen LogP contribution is -2.54. The van der Waals surface area contributed by atoms with Crippen LogP contribution in [0, 0.1) is 0 Å². The summed E-state index contributed by atoms with van der Waals surface area (Å²) in [5, 5.41) is 11.8. The first kappa shape index (κ1) is 15.1. The van der Waals surface area contributed by atoms with E-state index in [0.29, 0.717) is 18.8 Å². The van der Waals surface area contributed by atoms with E-state index in [9.17, 15) is 9.59 Å². The van der Waals surface area contributed by atoms with Gasteiger partial charge in [-0.1, -0.05) is 0 Å². The smallest absolute Gasteiger partial charge is 0.327 e. The largest absolute Gasteiger partial charge is 0.480 e. The van der Waals surface area contributed by atoms with Crippen molar-refractivity contribution in [3.8, 4) is 0 Å². The zero-order valence-electron chi connectivity index (χ0n) is 10.9. The molecular weight excluding hydrogens is 254 g/mol. The SMILES string of the molecule is CN(C)CCCNC(=O)N1CCSCC1C(=O)O. The van der Waals surface area contributed by atoms with Gasteiger partial charge in [0.1, 0.15) is 6.04 Å². The number of amides is 2. The molecule has 1 unspecified atom stereocenters. The van der Waals surface area contributed by atoms with Crippen LogP contribution in [0.25, 0.3) is 0 Å². The number of carboxylic acid groups (broad SMARTS) is 1. The Morgan fingerprint density at radius 1 is 1.50 bits per heavy atom. The van der Waals surface area contributed by atoms with Gasteiger partial charge >= 0.3 is 12.0 Å². The van der Waals surface area contributed by atoms with Gasteiger partial charge in [-0.25, -0.2) is 9.59 Å². The monoisotopic (exact) mass is 275 g/mol. The van der Waals surface area contributed by atoms with Gasteiger partial charge < -0.3 is 20.2 Å². The third-order valence-electron chi connectivity index (χ3n) is 2.73. The molecule has 0 saturated carbocycles. The maximum absolute atomic E-state index is 11.9. The Labute approximate surface area is 112 Å². The van der Waals surface area contributed by atoms with E-state index in [1.165, 1.54) is 4.90 Å². The van der Waals surface area contributed by atoms with Crippen molar-refractivity contribution in [1.29, 1.82) is 0 Å². The Morgan fingerprint density at radius 2 is 2.22 bits per heavy atom. The summed E-state index contributed by atoms with van der Waals surface area (Å²) in [6.45, 7) is 1.98. The van der Waals surface area contributed by atoms with Crippen LogP contribution in [0.15, 0.2) is 0 Å². The van der Waals surface area contributed by atoms with Crippen molar-refractivity contribution in [2.75, 3.05) is 45.2 Å². The van der Waals surface area contributed by atoms with Crippen molar-refractivity contribution in [2.45, 2.75) is 12.5 Å². The lowest BCUT2D eigenvalue weighted by Gasteiger charge is -2.32. The Hall–Kier alpha value is -0.950. The molecule has 1 fully saturated rings. The third kappa shape index (κ3) is 4.73. The molecule has 1 saturated heterocycles. The van der Waals surface area contributed by atoms with E-state index in [-0.39, 0.29) is 6.03 Å². The van der Waals surface area contributed by atoms with Crippen LogP contribution in [0.1, 0.15) is 6.42 Å². The lowest BCUT2D eigenvalue weighted by atomic mass is 10.3. The first-order valence-electron chi connectivity index (χ1n) is 6.02. The van der Waals surface area contributed by atoms with Gasteiger partial charge in [0.15, 0.2) is 0 Å². The van der Waals surface area contributed by atoms with Gasteiger partial charge in [-0.15, -0.1) is 0 Å². The van der Waals surface area contributed by atoms with Crippen LogP contribution in [0.2, 0.25) is 0 Å². The number of carbonyl (C=O) groups is 2. The van der Waals surface area contributed by atoms with Crippen LogP contribution in [0.5, 0.6) is 0 Å². The van der Waals surface area contributed by atoms with E-state index in [1.807, 2.05) is 19.0 Å². The predicted molar refractivity (Wildman–Crippen MR) is 72.0 cm³/mol. The van der Waals surface area contributed by atoms with E-state index in [1.54, 1.807) is 11.8 Å². The summed E-state index contributed by atoms with van der Waals surface area (Å²) >= 11 is 1.58. The van der Waals surface area contributed by atoms with Crippen molar-refractivity contribution >= 4 is 23.8 Å². The second-order valence-electron chi connectivity index (χ2n) is 4.51.